The first-order valence-corrected chi connectivity index (χ1v) is 8.26. The second kappa shape index (κ2) is 7.35. The molecule has 2 aliphatic rings. The zero-order valence-corrected chi connectivity index (χ0v) is 13.0. The first kappa shape index (κ1) is 15.0. The Morgan fingerprint density at radius 1 is 1.09 bits per heavy atom. The molecule has 1 saturated carbocycles. The van der Waals surface area contributed by atoms with Crippen LogP contribution in [0.2, 0.25) is 0 Å². The molecule has 3 rings (SSSR count). The van der Waals surface area contributed by atoms with E-state index in [2.05, 4.69) is 41.8 Å². The Balaban J connectivity index is 1.83. The highest BCUT2D eigenvalue weighted by Gasteiger charge is 2.22. The largest absolute Gasteiger partial charge is 0.508 e. The summed E-state index contributed by atoms with van der Waals surface area (Å²) in [6.45, 7) is 0.842. The van der Waals surface area contributed by atoms with E-state index in [4.69, 9.17) is 0 Å². The van der Waals surface area contributed by atoms with Crippen molar-refractivity contribution >= 4 is 0 Å². The molecule has 1 fully saturated rings. The SMILES string of the molecule is OC1=CC=CN(Cc2ccccc2)C(C2[CH]CCCCC2)=C1. The van der Waals surface area contributed by atoms with Gasteiger partial charge >= 0.3 is 0 Å². The fraction of sp³-hybridized carbons (Fsp3) is 0.350. The van der Waals surface area contributed by atoms with Crippen LogP contribution < -0.4 is 0 Å². The average Bonchev–Trinajstić information content (AvgIpc) is 2.90. The van der Waals surface area contributed by atoms with E-state index in [-0.39, 0.29) is 0 Å². The number of allylic oxidation sites excluding steroid dienone is 4. The molecule has 1 aromatic carbocycles. The maximum atomic E-state index is 10.0. The lowest BCUT2D eigenvalue weighted by Crippen LogP contribution is -2.22. The van der Waals surface area contributed by atoms with Crippen LogP contribution in [0.4, 0.5) is 0 Å². The van der Waals surface area contributed by atoms with Gasteiger partial charge in [0.25, 0.3) is 0 Å². The van der Waals surface area contributed by atoms with E-state index in [0.29, 0.717) is 11.7 Å². The van der Waals surface area contributed by atoms with E-state index < -0.39 is 0 Å². The Morgan fingerprint density at radius 2 is 1.95 bits per heavy atom. The highest BCUT2D eigenvalue weighted by molar-refractivity contribution is 5.30. The Kier molecular flexibility index (Phi) is 4.99. The zero-order valence-electron chi connectivity index (χ0n) is 13.0. The smallest absolute Gasteiger partial charge is 0.117 e. The summed E-state index contributed by atoms with van der Waals surface area (Å²) in [6.07, 6.45) is 16.4. The fourth-order valence-corrected chi connectivity index (χ4v) is 3.25. The van der Waals surface area contributed by atoms with Crippen LogP contribution in [0.5, 0.6) is 0 Å². The molecular weight excluding hydrogens is 270 g/mol. The minimum Gasteiger partial charge on any atom is -0.508 e. The van der Waals surface area contributed by atoms with Crippen molar-refractivity contribution < 1.29 is 5.11 Å². The van der Waals surface area contributed by atoms with Gasteiger partial charge in [-0.05, 0) is 43.1 Å². The van der Waals surface area contributed by atoms with Crippen LogP contribution in [0.1, 0.15) is 37.7 Å². The fourth-order valence-electron chi connectivity index (χ4n) is 3.25. The van der Waals surface area contributed by atoms with Gasteiger partial charge in [-0.2, -0.15) is 0 Å². The molecule has 0 bridgehead atoms. The third-order valence-corrected chi connectivity index (χ3v) is 4.41. The third kappa shape index (κ3) is 3.82. The molecular formula is C20H24NO. The van der Waals surface area contributed by atoms with Gasteiger partial charge in [-0.3, -0.25) is 0 Å². The van der Waals surface area contributed by atoms with E-state index in [1.54, 1.807) is 6.08 Å². The van der Waals surface area contributed by atoms with Crippen LogP contribution in [-0.2, 0) is 6.54 Å². The maximum absolute atomic E-state index is 10.0. The van der Waals surface area contributed by atoms with Crippen molar-refractivity contribution in [2.24, 2.45) is 5.92 Å². The molecule has 115 valence electrons. The van der Waals surface area contributed by atoms with E-state index in [1.807, 2.05) is 18.2 Å². The van der Waals surface area contributed by atoms with Crippen molar-refractivity contribution in [3.8, 4) is 0 Å². The second-order valence-corrected chi connectivity index (χ2v) is 6.10. The van der Waals surface area contributed by atoms with Gasteiger partial charge in [0.2, 0.25) is 0 Å². The van der Waals surface area contributed by atoms with Crippen molar-refractivity contribution in [3.63, 3.8) is 0 Å². The lowest BCUT2D eigenvalue weighted by atomic mass is 9.94. The van der Waals surface area contributed by atoms with Crippen LogP contribution in [0.15, 0.2) is 66.2 Å². The molecule has 1 aromatic rings. The van der Waals surface area contributed by atoms with Crippen molar-refractivity contribution in [1.82, 2.24) is 4.90 Å². The van der Waals surface area contributed by atoms with Gasteiger partial charge < -0.3 is 10.0 Å². The molecule has 2 heteroatoms. The van der Waals surface area contributed by atoms with Crippen molar-refractivity contribution in [2.45, 2.75) is 38.6 Å². The molecule has 1 unspecified atom stereocenters. The second-order valence-electron chi connectivity index (χ2n) is 6.10. The van der Waals surface area contributed by atoms with Crippen LogP contribution in [0.3, 0.4) is 0 Å². The van der Waals surface area contributed by atoms with Gasteiger partial charge in [0.15, 0.2) is 0 Å². The number of aliphatic hydroxyl groups excluding tert-OH is 1. The van der Waals surface area contributed by atoms with Crippen LogP contribution in [-0.4, -0.2) is 10.0 Å². The molecule has 1 N–H and O–H groups in total. The lowest BCUT2D eigenvalue weighted by Gasteiger charge is -2.29. The zero-order chi connectivity index (χ0) is 15.2. The van der Waals surface area contributed by atoms with Crippen molar-refractivity contribution in [2.75, 3.05) is 0 Å². The van der Waals surface area contributed by atoms with Crippen LogP contribution >= 0.6 is 0 Å². The Labute approximate surface area is 133 Å². The average molecular weight is 294 g/mol. The predicted molar refractivity (Wildman–Crippen MR) is 90.8 cm³/mol. The number of aliphatic hydroxyl groups is 1. The molecule has 0 spiro atoms. The first-order chi connectivity index (χ1) is 10.8. The van der Waals surface area contributed by atoms with Gasteiger partial charge in [0.1, 0.15) is 5.76 Å². The summed E-state index contributed by atoms with van der Waals surface area (Å²) < 4.78 is 0. The minimum atomic E-state index is 0.347. The lowest BCUT2D eigenvalue weighted by molar-refractivity contribution is 0.382. The molecule has 0 aromatic heterocycles. The van der Waals surface area contributed by atoms with Gasteiger partial charge in [0.05, 0.1) is 0 Å². The quantitative estimate of drug-likeness (QED) is 0.781. The summed E-state index contributed by atoms with van der Waals surface area (Å²) in [6, 6.07) is 10.5. The maximum Gasteiger partial charge on any atom is 0.117 e. The Bertz CT molecular complexity index is 563. The molecule has 1 radical (unpaired) electrons. The molecule has 0 saturated heterocycles. The number of rotatable bonds is 3. The normalized spacial score (nSPS) is 20.1. The molecule has 1 aliphatic carbocycles. The topological polar surface area (TPSA) is 23.5 Å². The van der Waals surface area contributed by atoms with Crippen molar-refractivity contribution in [3.05, 3.63) is 78.2 Å². The summed E-state index contributed by atoms with van der Waals surface area (Å²) in [7, 11) is 0. The summed E-state index contributed by atoms with van der Waals surface area (Å²) in [5.74, 6) is 0.781. The number of hydrogen-bond acceptors (Lipinski definition) is 2. The highest BCUT2D eigenvalue weighted by atomic mass is 16.3. The van der Waals surface area contributed by atoms with E-state index in [0.717, 1.165) is 6.54 Å². The molecule has 1 heterocycles. The molecule has 0 amide bonds. The van der Waals surface area contributed by atoms with E-state index in [1.165, 1.54) is 43.4 Å². The predicted octanol–water partition coefficient (Wildman–Crippen LogP) is 5.13. The van der Waals surface area contributed by atoms with Gasteiger partial charge in [-0.1, -0.05) is 49.6 Å². The third-order valence-electron chi connectivity index (χ3n) is 4.41. The van der Waals surface area contributed by atoms with Gasteiger partial charge in [-0.15, -0.1) is 0 Å². The molecule has 1 aliphatic heterocycles. The Hall–Kier alpha value is -1.96. The van der Waals surface area contributed by atoms with E-state index in [9.17, 15) is 5.11 Å². The highest BCUT2D eigenvalue weighted by Crippen LogP contribution is 2.32. The van der Waals surface area contributed by atoms with Crippen LogP contribution in [0.25, 0.3) is 0 Å². The van der Waals surface area contributed by atoms with E-state index >= 15 is 0 Å². The minimum absolute atomic E-state index is 0.347. The van der Waals surface area contributed by atoms with Crippen molar-refractivity contribution in [1.29, 1.82) is 0 Å². The summed E-state index contributed by atoms with van der Waals surface area (Å²) in [5, 5.41) is 10.0. The monoisotopic (exact) mass is 294 g/mol. The number of hydrogen-bond donors (Lipinski definition) is 1. The van der Waals surface area contributed by atoms with Gasteiger partial charge in [-0.25, -0.2) is 0 Å². The van der Waals surface area contributed by atoms with Crippen LogP contribution in [0, 0.1) is 12.3 Å². The summed E-state index contributed by atoms with van der Waals surface area (Å²) in [5.41, 5.74) is 2.50. The molecule has 22 heavy (non-hydrogen) atoms. The summed E-state index contributed by atoms with van der Waals surface area (Å²) in [4.78, 5) is 2.28. The number of benzene rings is 1. The molecule has 2 nitrogen and oxygen atoms in total. The Morgan fingerprint density at radius 3 is 2.82 bits per heavy atom. The molecule has 1 atom stereocenters. The standard InChI is InChI=1S/C20H24NO/c22-19-13-8-14-21(16-17-9-4-3-5-10-17)20(15-19)18-11-6-1-2-7-12-18/h3-5,8-11,13-15,18,22H,1-2,6-7,12,16H2. The van der Waals surface area contributed by atoms with Gasteiger partial charge in [0, 0.05) is 24.4 Å². The number of nitrogens with zero attached hydrogens (tertiary/aromatic N) is 1. The summed E-state index contributed by atoms with van der Waals surface area (Å²) >= 11 is 0. The first-order valence-electron chi connectivity index (χ1n) is 8.26.